The lowest BCUT2D eigenvalue weighted by molar-refractivity contribution is -0.120. The van der Waals surface area contributed by atoms with Crippen LogP contribution in [0.25, 0.3) is 0 Å². The van der Waals surface area contributed by atoms with Crippen LogP contribution >= 0.6 is 11.6 Å². The van der Waals surface area contributed by atoms with Crippen LogP contribution < -0.4 is 10.6 Å². The van der Waals surface area contributed by atoms with Gasteiger partial charge in [-0.25, -0.2) is 13.4 Å². The monoisotopic (exact) mass is 478 g/mol. The van der Waals surface area contributed by atoms with Gasteiger partial charge in [-0.1, -0.05) is 37.6 Å². The van der Waals surface area contributed by atoms with E-state index < -0.39 is 10.0 Å². The molecule has 1 fully saturated rings. The maximum atomic E-state index is 12.9. The summed E-state index contributed by atoms with van der Waals surface area (Å²) in [5.74, 6) is -0.532. The molecule has 2 aromatic rings. The number of rotatable bonds is 7. The van der Waals surface area contributed by atoms with E-state index in [1.54, 1.807) is 24.3 Å². The molecule has 0 atom stereocenters. The van der Waals surface area contributed by atoms with E-state index in [9.17, 15) is 18.0 Å². The molecule has 0 saturated carbocycles. The highest BCUT2D eigenvalue weighted by atomic mass is 35.5. The second-order valence-electron chi connectivity index (χ2n) is 8.11. The van der Waals surface area contributed by atoms with Gasteiger partial charge in [0, 0.05) is 31.7 Å². The smallest absolute Gasteiger partial charge is 0.253 e. The van der Waals surface area contributed by atoms with E-state index in [0.717, 1.165) is 0 Å². The summed E-state index contributed by atoms with van der Waals surface area (Å²) in [4.78, 5) is 29.1. The Bertz CT molecular complexity index is 1080. The number of piperidine rings is 1. The molecular formula is C22H27ClN4O4S. The third-order valence-electron chi connectivity index (χ3n) is 5.27. The van der Waals surface area contributed by atoms with Gasteiger partial charge in [0.25, 0.3) is 5.91 Å². The molecule has 0 aliphatic carbocycles. The summed E-state index contributed by atoms with van der Waals surface area (Å²) < 4.78 is 27.0. The van der Waals surface area contributed by atoms with Crippen molar-refractivity contribution in [3.05, 3.63) is 53.3 Å². The van der Waals surface area contributed by atoms with Gasteiger partial charge >= 0.3 is 0 Å². The van der Waals surface area contributed by atoms with E-state index >= 15 is 0 Å². The number of para-hydroxylation sites is 1. The first kappa shape index (κ1) is 24.2. The third kappa shape index (κ3) is 5.65. The van der Waals surface area contributed by atoms with Gasteiger partial charge in [0.15, 0.2) is 0 Å². The molecule has 10 heteroatoms. The molecule has 0 radical (unpaired) electrons. The highest BCUT2D eigenvalue weighted by Gasteiger charge is 2.33. The quantitative estimate of drug-likeness (QED) is 0.594. The van der Waals surface area contributed by atoms with Crippen LogP contribution in [0.2, 0.25) is 5.15 Å². The fourth-order valence-corrected chi connectivity index (χ4v) is 5.38. The van der Waals surface area contributed by atoms with Crippen molar-refractivity contribution >= 4 is 39.1 Å². The average molecular weight is 479 g/mol. The summed E-state index contributed by atoms with van der Waals surface area (Å²) >= 11 is 5.96. The van der Waals surface area contributed by atoms with Crippen molar-refractivity contribution in [2.75, 3.05) is 25.0 Å². The fourth-order valence-electron chi connectivity index (χ4n) is 3.48. The van der Waals surface area contributed by atoms with Crippen molar-refractivity contribution in [3.63, 3.8) is 0 Å². The maximum absolute atomic E-state index is 12.9. The molecule has 0 spiro atoms. The number of carbonyl (C=O) groups excluding carboxylic acids is 2. The van der Waals surface area contributed by atoms with Gasteiger partial charge < -0.3 is 10.6 Å². The van der Waals surface area contributed by atoms with Gasteiger partial charge in [0.05, 0.1) is 11.3 Å². The summed E-state index contributed by atoms with van der Waals surface area (Å²) in [5, 5.41) is 5.63. The van der Waals surface area contributed by atoms with Crippen LogP contribution in [-0.4, -0.2) is 49.2 Å². The summed E-state index contributed by atoms with van der Waals surface area (Å²) in [6, 6.07) is 9.79. The number of carbonyl (C=O) groups is 2. The maximum Gasteiger partial charge on any atom is 0.253 e. The van der Waals surface area contributed by atoms with E-state index in [1.165, 1.54) is 22.6 Å². The Hall–Kier alpha value is -2.49. The largest absolute Gasteiger partial charge is 0.352 e. The molecule has 1 aliphatic rings. The third-order valence-corrected chi connectivity index (χ3v) is 7.61. The molecule has 2 amide bonds. The topological polar surface area (TPSA) is 108 Å². The lowest BCUT2D eigenvalue weighted by atomic mass is 9.97. The first-order chi connectivity index (χ1) is 15.2. The lowest BCUT2D eigenvalue weighted by Crippen LogP contribution is -2.41. The molecule has 0 unspecified atom stereocenters. The van der Waals surface area contributed by atoms with Crippen LogP contribution in [0.5, 0.6) is 0 Å². The van der Waals surface area contributed by atoms with Gasteiger partial charge in [0.1, 0.15) is 10.0 Å². The molecule has 32 heavy (non-hydrogen) atoms. The lowest BCUT2D eigenvalue weighted by Gasteiger charge is -2.30. The minimum Gasteiger partial charge on any atom is -0.352 e. The van der Waals surface area contributed by atoms with Crippen molar-refractivity contribution < 1.29 is 18.0 Å². The van der Waals surface area contributed by atoms with Gasteiger partial charge in [-0.05, 0) is 43.0 Å². The number of pyridine rings is 1. The zero-order valence-corrected chi connectivity index (χ0v) is 19.6. The minimum atomic E-state index is -3.78. The highest BCUT2D eigenvalue weighted by molar-refractivity contribution is 7.89. The number of sulfonamides is 1. The molecule has 172 valence electrons. The number of hydrogen-bond acceptors (Lipinski definition) is 5. The van der Waals surface area contributed by atoms with Crippen molar-refractivity contribution in [1.29, 1.82) is 0 Å². The summed E-state index contributed by atoms with van der Waals surface area (Å²) in [7, 11) is -3.78. The van der Waals surface area contributed by atoms with Crippen LogP contribution in [0, 0.1) is 11.8 Å². The summed E-state index contributed by atoms with van der Waals surface area (Å²) in [6.07, 6.45) is 2.16. The number of aromatic nitrogens is 1. The molecule has 8 nitrogen and oxygen atoms in total. The first-order valence-electron chi connectivity index (χ1n) is 10.5. The SMILES string of the molecule is CC(C)CNC(=O)c1ccccc1NC(=O)C1CCN(S(=O)(=O)c2cccnc2Cl)CC1. The zero-order chi connectivity index (χ0) is 23.3. The van der Waals surface area contributed by atoms with Gasteiger partial charge in [-0.15, -0.1) is 0 Å². The molecule has 1 aliphatic heterocycles. The second-order valence-corrected chi connectivity index (χ2v) is 10.4. The summed E-state index contributed by atoms with van der Waals surface area (Å²) in [5.41, 5.74) is 0.837. The molecular weight excluding hydrogens is 452 g/mol. The average Bonchev–Trinajstić information content (AvgIpc) is 2.78. The van der Waals surface area contributed by atoms with Crippen LogP contribution in [0.15, 0.2) is 47.5 Å². The van der Waals surface area contributed by atoms with E-state index in [1.807, 2.05) is 13.8 Å². The molecule has 1 saturated heterocycles. The van der Waals surface area contributed by atoms with E-state index in [4.69, 9.17) is 11.6 Å². The number of amides is 2. The second kappa shape index (κ2) is 10.4. The molecule has 1 aromatic heterocycles. The van der Waals surface area contributed by atoms with Crippen molar-refractivity contribution in [2.24, 2.45) is 11.8 Å². The molecule has 2 N–H and O–H groups in total. The highest BCUT2D eigenvalue weighted by Crippen LogP contribution is 2.28. The number of nitrogens with zero attached hydrogens (tertiary/aromatic N) is 2. The Labute approximate surface area is 193 Å². The van der Waals surface area contributed by atoms with Crippen LogP contribution in [0.4, 0.5) is 5.69 Å². The predicted molar refractivity (Wildman–Crippen MR) is 123 cm³/mol. The van der Waals surface area contributed by atoms with Crippen molar-refractivity contribution in [3.8, 4) is 0 Å². The fraction of sp³-hybridized carbons (Fsp3) is 0.409. The normalized spacial score (nSPS) is 15.5. The van der Waals surface area contributed by atoms with E-state index in [2.05, 4.69) is 15.6 Å². The van der Waals surface area contributed by atoms with Crippen molar-refractivity contribution in [2.45, 2.75) is 31.6 Å². The standard InChI is InChI=1S/C22H27ClN4O4S/c1-15(2)14-25-22(29)17-6-3-4-7-18(17)26-21(28)16-9-12-27(13-10-16)32(30,31)19-8-5-11-24-20(19)23/h3-8,11,15-16H,9-10,12-14H2,1-2H3,(H,25,29)(H,26,28). The number of halogens is 1. The molecule has 3 rings (SSSR count). The Balaban J connectivity index is 1.63. The zero-order valence-electron chi connectivity index (χ0n) is 18.0. The minimum absolute atomic E-state index is 0.0362. The van der Waals surface area contributed by atoms with Crippen molar-refractivity contribution in [1.82, 2.24) is 14.6 Å². The molecule has 0 bridgehead atoms. The van der Waals surface area contributed by atoms with E-state index in [-0.39, 0.29) is 40.9 Å². The number of nitrogens with one attached hydrogen (secondary N) is 2. The van der Waals surface area contributed by atoms with Gasteiger partial charge in [0.2, 0.25) is 15.9 Å². The van der Waals surface area contributed by atoms with Crippen LogP contribution in [-0.2, 0) is 14.8 Å². The van der Waals surface area contributed by atoms with Gasteiger partial charge in [-0.2, -0.15) is 4.31 Å². The first-order valence-corrected chi connectivity index (χ1v) is 12.3. The number of anilines is 1. The predicted octanol–water partition coefficient (Wildman–Crippen LogP) is 3.16. The Kier molecular flexibility index (Phi) is 7.86. The number of benzene rings is 1. The van der Waals surface area contributed by atoms with Crippen LogP contribution in [0.3, 0.4) is 0 Å². The molecule has 2 heterocycles. The Morgan fingerprint density at radius 1 is 1.16 bits per heavy atom. The Morgan fingerprint density at radius 3 is 2.50 bits per heavy atom. The van der Waals surface area contributed by atoms with Gasteiger partial charge in [-0.3, -0.25) is 9.59 Å². The van der Waals surface area contributed by atoms with E-state index in [0.29, 0.717) is 36.6 Å². The summed E-state index contributed by atoms with van der Waals surface area (Å²) in [6.45, 7) is 4.94. The molecule has 1 aromatic carbocycles. The number of hydrogen-bond donors (Lipinski definition) is 2. The Morgan fingerprint density at radius 2 is 1.84 bits per heavy atom. The van der Waals surface area contributed by atoms with Crippen LogP contribution in [0.1, 0.15) is 37.0 Å².